The Hall–Kier alpha value is -2.18. The summed E-state index contributed by atoms with van der Waals surface area (Å²) in [4.78, 5) is 10.2. The van der Waals surface area contributed by atoms with Gasteiger partial charge in [0.05, 0.1) is 25.5 Å². The van der Waals surface area contributed by atoms with E-state index in [0.717, 1.165) is 27.8 Å². The molecule has 3 aromatic rings. The molecule has 1 atom stereocenters. The van der Waals surface area contributed by atoms with Crippen molar-refractivity contribution in [3.8, 4) is 16.3 Å². The van der Waals surface area contributed by atoms with Gasteiger partial charge in [-0.2, -0.15) is 0 Å². The van der Waals surface area contributed by atoms with E-state index in [9.17, 15) is 0 Å². The van der Waals surface area contributed by atoms with Crippen molar-refractivity contribution in [3.05, 3.63) is 52.7 Å². The molecule has 6 heteroatoms. The molecule has 0 unspecified atom stereocenters. The molecular weight excluding hydrogens is 322 g/mol. The molecule has 0 aliphatic heterocycles. The Morgan fingerprint density at radius 2 is 2.00 bits per heavy atom. The van der Waals surface area contributed by atoms with E-state index in [0.29, 0.717) is 12.4 Å². The zero-order valence-electron chi connectivity index (χ0n) is 14.3. The number of methoxy groups -OCH3 is 1. The lowest BCUT2D eigenvalue weighted by Crippen LogP contribution is -2.18. The maximum Gasteiger partial charge on any atom is 0.208 e. The van der Waals surface area contributed by atoms with E-state index in [4.69, 9.17) is 14.1 Å². The fraction of sp³-hybridized carbons (Fsp3) is 0.333. The van der Waals surface area contributed by atoms with Crippen LogP contribution in [0.4, 0.5) is 0 Å². The summed E-state index contributed by atoms with van der Waals surface area (Å²) in [6, 6.07) is 8.17. The van der Waals surface area contributed by atoms with Crippen LogP contribution in [0.2, 0.25) is 0 Å². The lowest BCUT2D eigenvalue weighted by atomic mass is 10.2. The Bertz CT molecular complexity index is 808. The fourth-order valence-corrected chi connectivity index (χ4v) is 3.58. The molecule has 2 aromatic heterocycles. The molecule has 0 amide bonds. The SMILES string of the molecule is COc1ccc(-c2nc(C)c([C@@H](C)NCc3ncc(C)o3)s2)cc1. The topological polar surface area (TPSA) is 60.2 Å². The van der Waals surface area contributed by atoms with E-state index in [-0.39, 0.29) is 6.04 Å². The van der Waals surface area contributed by atoms with Gasteiger partial charge in [0.2, 0.25) is 5.89 Å². The van der Waals surface area contributed by atoms with Crippen LogP contribution in [-0.2, 0) is 6.54 Å². The molecule has 0 saturated heterocycles. The molecule has 1 N–H and O–H groups in total. The number of hydrogen-bond acceptors (Lipinski definition) is 6. The van der Waals surface area contributed by atoms with E-state index in [2.05, 4.69) is 17.2 Å². The molecule has 1 aromatic carbocycles. The molecule has 3 rings (SSSR count). The molecule has 0 aliphatic rings. The lowest BCUT2D eigenvalue weighted by molar-refractivity contribution is 0.415. The number of aromatic nitrogens is 2. The van der Waals surface area contributed by atoms with Crippen LogP contribution in [0.5, 0.6) is 5.75 Å². The highest BCUT2D eigenvalue weighted by Crippen LogP contribution is 2.32. The summed E-state index contributed by atoms with van der Waals surface area (Å²) in [6.07, 6.45) is 1.74. The lowest BCUT2D eigenvalue weighted by Gasteiger charge is -2.10. The van der Waals surface area contributed by atoms with Gasteiger partial charge in [0.1, 0.15) is 16.5 Å². The molecule has 2 heterocycles. The third-order valence-corrected chi connectivity index (χ3v) is 5.18. The molecule has 0 fully saturated rings. The maximum atomic E-state index is 5.50. The number of nitrogens with one attached hydrogen (secondary N) is 1. The number of ether oxygens (including phenoxy) is 1. The largest absolute Gasteiger partial charge is 0.497 e. The van der Waals surface area contributed by atoms with Gasteiger partial charge in [-0.15, -0.1) is 11.3 Å². The molecule has 0 bridgehead atoms. The minimum Gasteiger partial charge on any atom is -0.497 e. The molecule has 24 heavy (non-hydrogen) atoms. The third kappa shape index (κ3) is 3.66. The van der Waals surface area contributed by atoms with E-state index < -0.39 is 0 Å². The van der Waals surface area contributed by atoms with Crippen molar-refractivity contribution in [1.82, 2.24) is 15.3 Å². The van der Waals surface area contributed by atoms with Gasteiger partial charge in [-0.1, -0.05) is 0 Å². The van der Waals surface area contributed by atoms with Crippen molar-refractivity contribution in [2.75, 3.05) is 7.11 Å². The zero-order chi connectivity index (χ0) is 17.1. The van der Waals surface area contributed by atoms with Crippen LogP contribution in [0.25, 0.3) is 10.6 Å². The van der Waals surface area contributed by atoms with Gasteiger partial charge in [0.25, 0.3) is 0 Å². The summed E-state index contributed by atoms with van der Waals surface area (Å²) in [6.45, 7) is 6.68. The van der Waals surface area contributed by atoms with Crippen LogP contribution in [0.3, 0.4) is 0 Å². The summed E-state index contributed by atoms with van der Waals surface area (Å²) < 4.78 is 10.7. The summed E-state index contributed by atoms with van der Waals surface area (Å²) in [5.74, 6) is 2.38. The minimum atomic E-state index is 0.182. The smallest absolute Gasteiger partial charge is 0.208 e. The Morgan fingerprint density at radius 1 is 1.25 bits per heavy atom. The fourth-order valence-electron chi connectivity index (χ4n) is 2.48. The summed E-state index contributed by atoms with van der Waals surface area (Å²) >= 11 is 1.71. The van der Waals surface area contributed by atoms with Crippen molar-refractivity contribution in [2.24, 2.45) is 0 Å². The van der Waals surface area contributed by atoms with Gasteiger partial charge in [0, 0.05) is 16.5 Å². The van der Waals surface area contributed by atoms with Gasteiger partial charge >= 0.3 is 0 Å². The summed E-state index contributed by atoms with van der Waals surface area (Å²) in [7, 11) is 1.67. The van der Waals surface area contributed by atoms with Gasteiger partial charge in [0.15, 0.2) is 0 Å². The number of hydrogen-bond donors (Lipinski definition) is 1. The first-order chi connectivity index (χ1) is 11.6. The minimum absolute atomic E-state index is 0.182. The van der Waals surface area contributed by atoms with Crippen molar-refractivity contribution < 1.29 is 9.15 Å². The molecule has 0 spiro atoms. The zero-order valence-corrected chi connectivity index (χ0v) is 15.1. The molecular formula is C18H21N3O2S. The molecule has 126 valence electrons. The van der Waals surface area contributed by atoms with E-state index >= 15 is 0 Å². The van der Waals surface area contributed by atoms with Crippen LogP contribution in [0, 0.1) is 13.8 Å². The highest BCUT2D eigenvalue weighted by Gasteiger charge is 2.16. The van der Waals surface area contributed by atoms with Crippen LogP contribution >= 0.6 is 11.3 Å². The van der Waals surface area contributed by atoms with Crippen LogP contribution in [0.15, 0.2) is 34.9 Å². The number of rotatable bonds is 6. The quantitative estimate of drug-likeness (QED) is 0.724. The first-order valence-electron chi connectivity index (χ1n) is 7.83. The third-order valence-electron chi connectivity index (χ3n) is 3.79. The average Bonchev–Trinajstić information content (AvgIpc) is 3.18. The van der Waals surface area contributed by atoms with Crippen molar-refractivity contribution >= 4 is 11.3 Å². The first kappa shape index (κ1) is 16.7. The number of thiazole rings is 1. The molecule has 5 nitrogen and oxygen atoms in total. The normalized spacial score (nSPS) is 12.3. The highest BCUT2D eigenvalue weighted by molar-refractivity contribution is 7.15. The van der Waals surface area contributed by atoms with E-state index in [1.165, 1.54) is 4.88 Å². The Morgan fingerprint density at radius 3 is 2.62 bits per heavy atom. The number of benzene rings is 1. The van der Waals surface area contributed by atoms with Crippen molar-refractivity contribution in [3.63, 3.8) is 0 Å². The second kappa shape index (κ2) is 7.15. The van der Waals surface area contributed by atoms with Crippen molar-refractivity contribution in [1.29, 1.82) is 0 Å². The van der Waals surface area contributed by atoms with Gasteiger partial charge in [-0.3, -0.25) is 0 Å². The summed E-state index contributed by atoms with van der Waals surface area (Å²) in [5.41, 5.74) is 2.15. The molecule has 0 radical (unpaired) electrons. The van der Waals surface area contributed by atoms with Crippen molar-refractivity contribution in [2.45, 2.75) is 33.4 Å². The number of aryl methyl sites for hydroxylation is 2. The van der Waals surface area contributed by atoms with E-state index in [1.807, 2.05) is 38.1 Å². The second-order valence-electron chi connectivity index (χ2n) is 5.66. The molecule has 0 saturated carbocycles. The van der Waals surface area contributed by atoms with Gasteiger partial charge in [-0.05, 0) is 45.0 Å². The first-order valence-corrected chi connectivity index (χ1v) is 8.65. The van der Waals surface area contributed by atoms with Crippen LogP contribution in [-0.4, -0.2) is 17.1 Å². The monoisotopic (exact) mass is 343 g/mol. The molecule has 0 aliphatic carbocycles. The highest BCUT2D eigenvalue weighted by atomic mass is 32.1. The van der Waals surface area contributed by atoms with Gasteiger partial charge < -0.3 is 14.5 Å². The predicted octanol–water partition coefficient (Wildman–Crippen LogP) is 4.27. The second-order valence-corrected chi connectivity index (χ2v) is 6.70. The Balaban J connectivity index is 1.72. The van der Waals surface area contributed by atoms with Crippen LogP contribution < -0.4 is 10.1 Å². The number of oxazole rings is 1. The van der Waals surface area contributed by atoms with Crippen LogP contribution in [0.1, 0.15) is 35.2 Å². The summed E-state index contributed by atoms with van der Waals surface area (Å²) in [5, 5.41) is 4.47. The van der Waals surface area contributed by atoms with E-state index in [1.54, 1.807) is 24.6 Å². The number of nitrogens with zero attached hydrogens (tertiary/aromatic N) is 2. The Labute approximate surface area is 145 Å². The maximum absolute atomic E-state index is 5.50. The van der Waals surface area contributed by atoms with Gasteiger partial charge in [-0.25, -0.2) is 9.97 Å². The standard InChI is InChI=1S/C18H21N3O2S/c1-11-9-20-16(23-11)10-19-12(2)17-13(3)21-18(24-17)14-5-7-15(22-4)8-6-14/h5-9,12,19H,10H2,1-4H3/t12-/m1/s1. The Kier molecular flexibility index (Phi) is 4.97. The predicted molar refractivity (Wildman–Crippen MR) is 95.3 cm³/mol. The average molecular weight is 343 g/mol.